The molecule has 2 aromatic carbocycles. The van der Waals surface area contributed by atoms with Crippen molar-refractivity contribution in [2.45, 2.75) is 129 Å². The molecule has 3 aliphatic rings. The topological polar surface area (TPSA) is 188 Å². The fourth-order valence-electron chi connectivity index (χ4n) is 10.5. The number of hydrogen-bond acceptors (Lipinski definition) is 11. The van der Waals surface area contributed by atoms with Crippen LogP contribution in [0.1, 0.15) is 120 Å². The summed E-state index contributed by atoms with van der Waals surface area (Å²) in [7, 11) is 1.49. The fourth-order valence-corrected chi connectivity index (χ4v) is 10.5. The highest BCUT2D eigenvalue weighted by molar-refractivity contribution is 6.06. The van der Waals surface area contributed by atoms with E-state index in [1.807, 2.05) is 30.5 Å². The second-order valence-corrected chi connectivity index (χ2v) is 19.7. The average molecular weight is 902 g/mol. The number of hydrogen-bond donors (Lipinski definition) is 6. The number of nitrogens with two attached hydrogens (primary N) is 1. The van der Waals surface area contributed by atoms with E-state index in [1.165, 1.54) is 7.11 Å². The van der Waals surface area contributed by atoms with E-state index in [1.54, 1.807) is 25.3 Å². The van der Waals surface area contributed by atoms with Crippen molar-refractivity contribution in [1.82, 2.24) is 10.3 Å². The van der Waals surface area contributed by atoms with E-state index in [0.29, 0.717) is 63.4 Å². The molecule has 0 bridgehead atoms. The van der Waals surface area contributed by atoms with Crippen LogP contribution in [0.25, 0.3) is 0 Å². The molecule has 66 heavy (non-hydrogen) atoms. The molecular weight excluding hydrogens is 829 g/mol. The van der Waals surface area contributed by atoms with Crippen molar-refractivity contribution < 1.29 is 34.8 Å². The van der Waals surface area contributed by atoms with Gasteiger partial charge in [0.25, 0.3) is 0 Å². The zero-order valence-electron chi connectivity index (χ0n) is 39.9. The normalized spacial score (nSPS) is 24.2. The second-order valence-electron chi connectivity index (χ2n) is 19.7. The molecule has 11 heteroatoms. The van der Waals surface area contributed by atoms with Gasteiger partial charge in [-0.3, -0.25) is 9.59 Å². The number of rotatable bonds is 18. The Morgan fingerprint density at radius 2 is 1.76 bits per heavy atom. The number of nitrogens with one attached hydrogen (secondary N) is 1. The molecule has 0 saturated heterocycles. The van der Waals surface area contributed by atoms with Crippen LogP contribution >= 0.6 is 0 Å². The van der Waals surface area contributed by atoms with Gasteiger partial charge in [0, 0.05) is 37.5 Å². The summed E-state index contributed by atoms with van der Waals surface area (Å²) in [6, 6.07) is 15.6. The highest BCUT2D eigenvalue weighted by Gasteiger charge is 2.44. The highest BCUT2D eigenvalue weighted by atomic mass is 16.5. The van der Waals surface area contributed by atoms with Gasteiger partial charge in [0.15, 0.2) is 34.9 Å². The summed E-state index contributed by atoms with van der Waals surface area (Å²) in [5.41, 5.74) is 11.7. The first-order valence-electron chi connectivity index (χ1n) is 24.3. The first kappa shape index (κ1) is 50.4. The monoisotopic (exact) mass is 902 g/mol. The SMILES string of the molecule is CCCC(C(O)CC1=C[C+](C(C)CNCC(C)O)C=N1)C1CC(Cc2ccnc(N)c2)CC2C#CC(c3ccccc3CCC(C)C)c3cc(O)c(OC)cc3CCC(=O)C(O)C(=O)C2C1. The number of pyridine rings is 1. The van der Waals surface area contributed by atoms with Crippen LogP contribution in [-0.4, -0.2) is 81.7 Å². The summed E-state index contributed by atoms with van der Waals surface area (Å²) >= 11 is 0. The molecule has 1 aromatic heterocycles. The summed E-state index contributed by atoms with van der Waals surface area (Å²) < 4.78 is 5.54. The molecule has 1 fully saturated rings. The van der Waals surface area contributed by atoms with E-state index in [9.17, 15) is 30.0 Å². The van der Waals surface area contributed by atoms with E-state index in [-0.39, 0.29) is 48.0 Å². The Labute approximate surface area is 392 Å². The van der Waals surface area contributed by atoms with Gasteiger partial charge in [-0.15, -0.1) is 4.99 Å². The predicted molar refractivity (Wildman–Crippen MR) is 261 cm³/mol. The number of benzene rings is 2. The molecule has 0 spiro atoms. The third kappa shape index (κ3) is 13.1. The molecule has 11 nitrogen and oxygen atoms in total. The Hall–Kier alpha value is -4.99. The second kappa shape index (κ2) is 23.6. The molecule has 10 atom stereocenters. The van der Waals surface area contributed by atoms with Crippen LogP contribution in [0.3, 0.4) is 0 Å². The number of ether oxygens (including phenoxy) is 1. The number of fused-ring (bicyclic) bond motifs is 2. The van der Waals surface area contributed by atoms with Crippen molar-refractivity contribution in [2.75, 3.05) is 25.9 Å². The maximum Gasteiger partial charge on any atom is 0.177 e. The standard InChI is InChI=1S/C55H72N4O7/c1-7-10-45(50(62)28-43-25-42(32-59-43)34(4)30-57-31-35(5)60)41-23-37(21-36-19-20-58-53(56)24-36)22-39-15-17-46(44-12-9-8-11-38(44)14-13-33(2)3)47-29-51(63)52(66-6)27-40(47)16-18-49(61)55(65)54(64)48(39)26-41/h8-9,11-12,19-20,24-25,27,29,32-35,37,39,41,45-46,48,50,55,57,60,62,65H,7,10,13-14,16,18,21-23,26,28,30-31H2,1-6H3,(H2-,56,58,63)/p+1. The van der Waals surface area contributed by atoms with E-state index in [0.717, 1.165) is 58.7 Å². The molecule has 0 radical (unpaired) electrons. The van der Waals surface area contributed by atoms with Crippen LogP contribution in [-0.2, 0) is 28.9 Å². The maximum absolute atomic E-state index is 14.9. The Kier molecular flexibility index (Phi) is 18.1. The van der Waals surface area contributed by atoms with Crippen molar-refractivity contribution >= 4 is 23.6 Å². The lowest BCUT2D eigenvalue weighted by Crippen LogP contribution is -2.39. The lowest BCUT2D eigenvalue weighted by atomic mass is 9.73. The lowest BCUT2D eigenvalue weighted by Gasteiger charge is -2.33. The van der Waals surface area contributed by atoms with Gasteiger partial charge in [0.05, 0.1) is 37.6 Å². The Morgan fingerprint density at radius 3 is 2.48 bits per heavy atom. The number of aromatic hydroxyl groups is 1. The van der Waals surface area contributed by atoms with Crippen LogP contribution in [0, 0.1) is 59.2 Å². The summed E-state index contributed by atoms with van der Waals surface area (Å²) in [5.74, 6) is 6.51. The van der Waals surface area contributed by atoms with Gasteiger partial charge < -0.3 is 36.2 Å². The number of carbonyl (C=O) groups is 2. The van der Waals surface area contributed by atoms with Crippen molar-refractivity contribution in [3.8, 4) is 23.3 Å². The number of phenolic OH excluding ortho intramolecular Hbond substituents is 1. The van der Waals surface area contributed by atoms with Gasteiger partial charge >= 0.3 is 0 Å². The van der Waals surface area contributed by atoms with Crippen molar-refractivity contribution in [1.29, 1.82) is 0 Å². The number of aryl methyl sites for hydroxylation is 2. The van der Waals surface area contributed by atoms with Crippen LogP contribution in [0.4, 0.5) is 5.82 Å². The van der Waals surface area contributed by atoms with Crippen LogP contribution < -0.4 is 15.8 Å². The number of aliphatic hydroxyl groups excluding tert-OH is 3. The number of nitrogens with zero attached hydrogens (tertiary/aromatic N) is 2. The highest BCUT2D eigenvalue weighted by Crippen LogP contribution is 2.45. The number of nitrogen functional groups attached to an aromatic ring is 1. The molecule has 6 rings (SSSR count). The number of anilines is 1. The molecule has 1 saturated carbocycles. The Balaban J connectivity index is 1.44. The largest absolute Gasteiger partial charge is 0.504 e. The number of phenols is 1. The van der Waals surface area contributed by atoms with Gasteiger partial charge in [0.2, 0.25) is 0 Å². The molecular formula is C55H73N4O7+. The maximum atomic E-state index is 14.9. The molecule has 10 unspecified atom stereocenters. The quantitative estimate of drug-likeness (QED) is 0.0419. The minimum absolute atomic E-state index is 0.0113. The number of carbonyl (C=O) groups excluding carboxylic acids is 2. The molecule has 0 amide bonds. The first-order valence-corrected chi connectivity index (χ1v) is 24.3. The minimum Gasteiger partial charge on any atom is -0.504 e. The molecule has 3 aromatic rings. The van der Waals surface area contributed by atoms with E-state index in [2.05, 4.69) is 68.0 Å². The number of allylic oxidation sites excluding steroid dienone is 1. The summed E-state index contributed by atoms with van der Waals surface area (Å²) in [6.45, 7) is 11.6. The van der Waals surface area contributed by atoms with Crippen LogP contribution in [0.5, 0.6) is 11.5 Å². The summed E-state index contributed by atoms with van der Waals surface area (Å²) in [4.78, 5) is 37.9. The fraction of sp³-hybridized carbons (Fsp3) is 0.545. The zero-order chi connectivity index (χ0) is 47.5. The lowest BCUT2D eigenvalue weighted by molar-refractivity contribution is -0.142. The number of aliphatic hydroxyl groups is 3. The van der Waals surface area contributed by atoms with Gasteiger partial charge in [-0.2, -0.15) is 0 Å². The number of aliphatic imine (C=N–C) groups is 1. The third-order valence-corrected chi connectivity index (χ3v) is 14.1. The molecule has 354 valence electrons. The average Bonchev–Trinajstić information content (AvgIpc) is 3.68. The predicted octanol–water partition coefficient (Wildman–Crippen LogP) is 7.76. The molecule has 2 heterocycles. The van der Waals surface area contributed by atoms with E-state index < -0.39 is 47.6 Å². The number of aromatic nitrogens is 1. The molecule has 1 aliphatic heterocycles. The minimum atomic E-state index is -1.83. The third-order valence-electron chi connectivity index (χ3n) is 14.1. The molecule has 7 N–H and O–H groups in total. The van der Waals surface area contributed by atoms with E-state index >= 15 is 0 Å². The van der Waals surface area contributed by atoms with Crippen molar-refractivity contribution in [3.63, 3.8) is 0 Å². The zero-order valence-corrected chi connectivity index (χ0v) is 39.9. The number of Topliss-reactive ketones (excluding diaryl/α,β-unsaturated/α-hetero) is 2. The first-order chi connectivity index (χ1) is 31.6. The van der Waals surface area contributed by atoms with E-state index in [4.69, 9.17) is 15.5 Å². The smallest absolute Gasteiger partial charge is 0.177 e. The van der Waals surface area contributed by atoms with Crippen molar-refractivity contribution in [2.24, 2.45) is 46.4 Å². The van der Waals surface area contributed by atoms with Gasteiger partial charge in [-0.05, 0) is 141 Å². The summed E-state index contributed by atoms with van der Waals surface area (Å²) in [6.07, 6.45) is 8.63. The van der Waals surface area contributed by atoms with Crippen molar-refractivity contribution in [3.05, 3.63) is 100 Å². The summed E-state index contributed by atoms with van der Waals surface area (Å²) in [5, 5.41) is 48.3. The van der Waals surface area contributed by atoms with Crippen LogP contribution in [0.15, 0.2) is 71.5 Å². The van der Waals surface area contributed by atoms with Crippen LogP contribution in [0.2, 0.25) is 0 Å². The molecule has 2 aliphatic carbocycles. The van der Waals surface area contributed by atoms with Gasteiger partial charge in [-0.1, -0.05) is 63.3 Å². The van der Waals surface area contributed by atoms with Gasteiger partial charge in [0.1, 0.15) is 24.0 Å². The Bertz CT molecular complexity index is 2240. The Morgan fingerprint density at radius 1 is 0.970 bits per heavy atom. The number of methoxy groups -OCH3 is 1. The van der Waals surface area contributed by atoms with Gasteiger partial charge in [-0.25, -0.2) is 4.98 Å². The number of ketones is 2.